The SMILES string of the molecule is Cc1ccccc1[C@H](C)CC(=O)NCCNC(=O)c1ccc(O)cc1. The molecule has 0 aliphatic heterocycles. The molecule has 0 aliphatic carbocycles. The largest absolute Gasteiger partial charge is 0.508 e. The van der Waals surface area contributed by atoms with Gasteiger partial charge in [0.25, 0.3) is 5.91 Å². The van der Waals surface area contributed by atoms with Crippen molar-refractivity contribution < 1.29 is 14.7 Å². The molecular formula is C20H24N2O3. The van der Waals surface area contributed by atoms with Gasteiger partial charge in [0.2, 0.25) is 5.91 Å². The fourth-order valence-corrected chi connectivity index (χ4v) is 2.69. The molecule has 1 atom stereocenters. The molecule has 132 valence electrons. The van der Waals surface area contributed by atoms with Crippen molar-refractivity contribution in [2.24, 2.45) is 0 Å². The van der Waals surface area contributed by atoms with Crippen molar-refractivity contribution in [1.82, 2.24) is 10.6 Å². The van der Waals surface area contributed by atoms with E-state index < -0.39 is 0 Å². The second kappa shape index (κ2) is 8.87. The van der Waals surface area contributed by atoms with Gasteiger partial charge in [-0.25, -0.2) is 0 Å². The maximum atomic E-state index is 12.0. The molecule has 3 N–H and O–H groups in total. The summed E-state index contributed by atoms with van der Waals surface area (Å²) < 4.78 is 0. The average molecular weight is 340 g/mol. The molecule has 0 spiro atoms. The van der Waals surface area contributed by atoms with Crippen molar-refractivity contribution >= 4 is 11.8 Å². The Morgan fingerprint density at radius 1 is 1.00 bits per heavy atom. The Labute approximate surface area is 148 Å². The zero-order valence-electron chi connectivity index (χ0n) is 14.6. The van der Waals surface area contributed by atoms with Crippen molar-refractivity contribution in [3.05, 3.63) is 65.2 Å². The van der Waals surface area contributed by atoms with E-state index in [1.807, 2.05) is 38.1 Å². The number of aryl methyl sites for hydroxylation is 1. The summed E-state index contributed by atoms with van der Waals surface area (Å²) in [6, 6.07) is 14.1. The van der Waals surface area contributed by atoms with Crippen molar-refractivity contribution in [1.29, 1.82) is 0 Å². The quantitative estimate of drug-likeness (QED) is 0.678. The molecule has 2 amide bonds. The van der Waals surface area contributed by atoms with Crippen LogP contribution in [0.2, 0.25) is 0 Å². The second-order valence-corrected chi connectivity index (χ2v) is 6.11. The number of phenols is 1. The third-order valence-corrected chi connectivity index (χ3v) is 4.07. The molecule has 0 fully saturated rings. The fourth-order valence-electron chi connectivity index (χ4n) is 2.69. The number of rotatable bonds is 7. The molecule has 0 aromatic heterocycles. The lowest BCUT2D eigenvalue weighted by Gasteiger charge is -2.14. The zero-order chi connectivity index (χ0) is 18.2. The van der Waals surface area contributed by atoms with E-state index in [0.29, 0.717) is 25.1 Å². The second-order valence-electron chi connectivity index (χ2n) is 6.11. The molecule has 5 nitrogen and oxygen atoms in total. The molecule has 2 aromatic rings. The number of carbonyl (C=O) groups is 2. The van der Waals surface area contributed by atoms with Crippen LogP contribution in [0.15, 0.2) is 48.5 Å². The van der Waals surface area contributed by atoms with Crippen molar-refractivity contribution in [3.63, 3.8) is 0 Å². The summed E-state index contributed by atoms with van der Waals surface area (Å²) in [5, 5.41) is 14.8. The molecule has 5 heteroatoms. The first-order valence-corrected chi connectivity index (χ1v) is 8.37. The van der Waals surface area contributed by atoms with Crippen LogP contribution in [0.25, 0.3) is 0 Å². The van der Waals surface area contributed by atoms with Crippen molar-refractivity contribution in [2.45, 2.75) is 26.2 Å². The van der Waals surface area contributed by atoms with Crippen LogP contribution in [0.5, 0.6) is 5.75 Å². The maximum Gasteiger partial charge on any atom is 0.251 e. The number of hydrogen-bond donors (Lipinski definition) is 3. The van der Waals surface area contributed by atoms with Gasteiger partial charge in [0.05, 0.1) is 0 Å². The molecule has 0 radical (unpaired) electrons. The highest BCUT2D eigenvalue weighted by atomic mass is 16.3. The minimum Gasteiger partial charge on any atom is -0.508 e. The first kappa shape index (κ1) is 18.5. The zero-order valence-corrected chi connectivity index (χ0v) is 14.6. The van der Waals surface area contributed by atoms with Gasteiger partial charge in [-0.05, 0) is 48.2 Å². The predicted octanol–water partition coefficient (Wildman–Crippen LogP) is 2.74. The summed E-state index contributed by atoms with van der Waals surface area (Å²) in [7, 11) is 0. The van der Waals surface area contributed by atoms with Crippen LogP contribution in [0.4, 0.5) is 0 Å². The lowest BCUT2D eigenvalue weighted by molar-refractivity contribution is -0.121. The Morgan fingerprint density at radius 2 is 1.64 bits per heavy atom. The molecule has 2 aromatic carbocycles. The molecule has 0 unspecified atom stereocenters. The molecule has 0 saturated carbocycles. The molecule has 0 heterocycles. The van der Waals surface area contributed by atoms with Crippen LogP contribution in [0.3, 0.4) is 0 Å². The van der Waals surface area contributed by atoms with Gasteiger partial charge in [0.15, 0.2) is 0 Å². The van der Waals surface area contributed by atoms with E-state index in [1.54, 1.807) is 12.1 Å². The van der Waals surface area contributed by atoms with Crippen LogP contribution in [0, 0.1) is 6.92 Å². The van der Waals surface area contributed by atoms with Crippen molar-refractivity contribution in [2.75, 3.05) is 13.1 Å². The first-order chi connectivity index (χ1) is 12.0. The van der Waals surface area contributed by atoms with Crippen LogP contribution in [-0.4, -0.2) is 30.0 Å². The van der Waals surface area contributed by atoms with E-state index in [9.17, 15) is 14.7 Å². The van der Waals surface area contributed by atoms with E-state index >= 15 is 0 Å². The topological polar surface area (TPSA) is 78.4 Å². The number of benzene rings is 2. The van der Waals surface area contributed by atoms with Gasteiger partial charge >= 0.3 is 0 Å². The summed E-state index contributed by atoms with van der Waals surface area (Å²) in [6.07, 6.45) is 0.413. The Kier molecular flexibility index (Phi) is 6.57. The standard InChI is InChI=1S/C20H24N2O3/c1-14-5-3-4-6-18(14)15(2)13-19(24)21-11-12-22-20(25)16-7-9-17(23)10-8-16/h3-10,15,23H,11-13H2,1-2H3,(H,21,24)(H,22,25)/t15-/m1/s1. The fraction of sp³-hybridized carbons (Fsp3) is 0.300. The first-order valence-electron chi connectivity index (χ1n) is 8.37. The molecule has 0 saturated heterocycles. The normalized spacial score (nSPS) is 11.6. The lowest BCUT2D eigenvalue weighted by Crippen LogP contribution is -2.35. The Bertz CT molecular complexity index is 726. The maximum absolute atomic E-state index is 12.0. The van der Waals surface area contributed by atoms with Crippen LogP contribution >= 0.6 is 0 Å². The van der Waals surface area contributed by atoms with E-state index in [1.165, 1.54) is 23.3 Å². The number of aromatic hydroxyl groups is 1. The van der Waals surface area contributed by atoms with E-state index in [4.69, 9.17) is 0 Å². The number of phenolic OH excluding ortho intramolecular Hbond substituents is 1. The lowest BCUT2D eigenvalue weighted by atomic mass is 9.93. The van der Waals surface area contributed by atoms with Crippen molar-refractivity contribution in [3.8, 4) is 5.75 Å². The van der Waals surface area contributed by atoms with E-state index in [-0.39, 0.29) is 23.5 Å². The van der Waals surface area contributed by atoms with Crippen LogP contribution in [-0.2, 0) is 4.79 Å². The summed E-state index contributed by atoms with van der Waals surface area (Å²) in [6.45, 7) is 4.81. The smallest absolute Gasteiger partial charge is 0.251 e. The van der Waals surface area contributed by atoms with E-state index in [0.717, 1.165) is 0 Å². The summed E-state index contributed by atoms with van der Waals surface area (Å²) in [4.78, 5) is 23.9. The van der Waals surface area contributed by atoms with Gasteiger partial charge in [-0.15, -0.1) is 0 Å². The monoisotopic (exact) mass is 340 g/mol. The number of nitrogens with one attached hydrogen (secondary N) is 2. The highest BCUT2D eigenvalue weighted by molar-refractivity contribution is 5.94. The summed E-state index contributed by atoms with van der Waals surface area (Å²) in [5.74, 6) is -0.00321. The van der Waals surface area contributed by atoms with Gasteiger partial charge < -0.3 is 15.7 Å². The highest BCUT2D eigenvalue weighted by Crippen LogP contribution is 2.22. The van der Waals surface area contributed by atoms with Gasteiger partial charge in [-0.2, -0.15) is 0 Å². The summed E-state index contributed by atoms with van der Waals surface area (Å²) in [5.41, 5.74) is 2.83. The Balaban J connectivity index is 1.71. The van der Waals surface area contributed by atoms with Gasteiger partial charge in [0, 0.05) is 25.1 Å². The predicted molar refractivity (Wildman–Crippen MR) is 97.7 cm³/mol. The Morgan fingerprint density at radius 3 is 2.32 bits per heavy atom. The van der Waals surface area contributed by atoms with Gasteiger partial charge in [0.1, 0.15) is 5.75 Å². The van der Waals surface area contributed by atoms with Gasteiger partial charge in [-0.1, -0.05) is 31.2 Å². The molecule has 0 bridgehead atoms. The van der Waals surface area contributed by atoms with E-state index in [2.05, 4.69) is 10.6 Å². The van der Waals surface area contributed by atoms with Gasteiger partial charge in [-0.3, -0.25) is 9.59 Å². The third kappa shape index (κ3) is 5.64. The minimum atomic E-state index is -0.234. The average Bonchev–Trinajstić information content (AvgIpc) is 2.59. The summed E-state index contributed by atoms with van der Waals surface area (Å²) >= 11 is 0. The highest BCUT2D eigenvalue weighted by Gasteiger charge is 2.12. The molecule has 2 rings (SSSR count). The molecular weight excluding hydrogens is 316 g/mol. The number of amides is 2. The third-order valence-electron chi connectivity index (χ3n) is 4.07. The number of hydrogen-bond acceptors (Lipinski definition) is 3. The molecule has 0 aliphatic rings. The minimum absolute atomic E-state index is 0.0327. The van der Waals surface area contributed by atoms with Crippen LogP contribution in [0.1, 0.15) is 40.7 Å². The van der Waals surface area contributed by atoms with Crippen LogP contribution < -0.4 is 10.6 Å². The number of carbonyl (C=O) groups excluding carboxylic acids is 2. The molecule has 25 heavy (non-hydrogen) atoms. The Hall–Kier alpha value is -2.82.